The summed E-state index contributed by atoms with van der Waals surface area (Å²) in [7, 11) is 0. The monoisotopic (exact) mass is 391 g/mol. The summed E-state index contributed by atoms with van der Waals surface area (Å²) >= 11 is 6.04. The van der Waals surface area contributed by atoms with Crippen LogP contribution in [0.2, 0.25) is 5.02 Å². The van der Waals surface area contributed by atoms with Crippen molar-refractivity contribution in [1.29, 1.82) is 0 Å². The fraction of sp³-hybridized carbons (Fsp3) is 0.474. The number of carbonyl (C=O) groups excluding carboxylic acids is 1. The maximum Gasteiger partial charge on any atom is 0.272 e. The summed E-state index contributed by atoms with van der Waals surface area (Å²) < 4.78 is 13.2. The number of nitrogens with one attached hydrogen (secondary N) is 1. The molecule has 0 aliphatic carbocycles. The Morgan fingerprint density at radius 3 is 3.00 bits per heavy atom. The van der Waals surface area contributed by atoms with Crippen LogP contribution in [0.1, 0.15) is 36.3 Å². The van der Waals surface area contributed by atoms with Crippen molar-refractivity contribution < 1.29 is 19.4 Å². The second-order valence-corrected chi connectivity index (χ2v) is 8.01. The lowest BCUT2D eigenvalue weighted by Gasteiger charge is -2.32. The smallest absolute Gasteiger partial charge is 0.272 e. The minimum absolute atomic E-state index is 0.160. The summed E-state index contributed by atoms with van der Waals surface area (Å²) in [5, 5.41) is 18.1. The van der Waals surface area contributed by atoms with Gasteiger partial charge >= 0.3 is 0 Å². The van der Waals surface area contributed by atoms with Gasteiger partial charge < -0.3 is 19.9 Å². The summed E-state index contributed by atoms with van der Waals surface area (Å²) in [6, 6.07) is 6.94. The lowest BCUT2D eigenvalue weighted by Crippen LogP contribution is -2.43. The fourth-order valence-corrected chi connectivity index (χ4v) is 3.62. The van der Waals surface area contributed by atoms with Gasteiger partial charge in [0.15, 0.2) is 5.69 Å². The van der Waals surface area contributed by atoms with Crippen LogP contribution in [0.4, 0.5) is 0 Å². The number of aromatic nitrogens is 2. The zero-order valence-corrected chi connectivity index (χ0v) is 16.0. The highest BCUT2D eigenvalue weighted by atomic mass is 35.5. The zero-order chi connectivity index (χ0) is 19.2. The standard InChI is InChI=1S/C19H22ClN3O4/c1-19(2,25)16-5-6-23-17(27-16)9-14(22-23)18(24)21-13-8-11-7-12(20)3-4-15(11)26-10-13/h3-4,7,9,13,16,25H,5-6,8,10H2,1-2H3,(H,21,24). The van der Waals surface area contributed by atoms with E-state index < -0.39 is 5.60 Å². The molecule has 0 radical (unpaired) electrons. The average molecular weight is 392 g/mol. The molecule has 27 heavy (non-hydrogen) atoms. The predicted octanol–water partition coefficient (Wildman–Crippen LogP) is 2.19. The third-order valence-electron chi connectivity index (χ3n) is 4.89. The zero-order valence-electron chi connectivity index (χ0n) is 15.2. The van der Waals surface area contributed by atoms with E-state index in [9.17, 15) is 9.90 Å². The van der Waals surface area contributed by atoms with Gasteiger partial charge in [-0.3, -0.25) is 4.79 Å². The van der Waals surface area contributed by atoms with E-state index in [0.717, 1.165) is 11.3 Å². The molecule has 0 spiro atoms. The number of carbonyl (C=O) groups is 1. The van der Waals surface area contributed by atoms with Crippen molar-refractivity contribution >= 4 is 17.5 Å². The summed E-state index contributed by atoms with van der Waals surface area (Å²) in [5.41, 5.74) is 0.310. The molecule has 2 N–H and O–H groups in total. The van der Waals surface area contributed by atoms with Gasteiger partial charge in [-0.1, -0.05) is 11.6 Å². The number of aryl methyl sites for hydroxylation is 1. The number of ether oxygens (including phenoxy) is 2. The van der Waals surface area contributed by atoms with E-state index in [1.165, 1.54) is 0 Å². The lowest BCUT2D eigenvalue weighted by atomic mass is 9.98. The van der Waals surface area contributed by atoms with E-state index in [-0.39, 0.29) is 18.1 Å². The van der Waals surface area contributed by atoms with Gasteiger partial charge in [0.05, 0.1) is 11.6 Å². The SMILES string of the molecule is CC(C)(O)C1CCn2nc(C(=O)NC3COc4ccc(Cl)cc4C3)cc2O1. The van der Waals surface area contributed by atoms with Crippen LogP contribution in [0.25, 0.3) is 0 Å². The minimum Gasteiger partial charge on any atom is -0.491 e. The molecule has 0 fully saturated rings. The van der Waals surface area contributed by atoms with Crippen LogP contribution >= 0.6 is 11.6 Å². The molecule has 1 amide bonds. The van der Waals surface area contributed by atoms with Crippen molar-refractivity contribution in [2.24, 2.45) is 0 Å². The number of fused-ring (bicyclic) bond motifs is 2. The molecule has 0 bridgehead atoms. The van der Waals surface area contributed by atoms with Crippen LogP contribution in [0.5, 0.6) is 11.6 Å². The number of aliphatic hydroxyl groups is 1. The number of rotatable bonds is 3. The van der Waals surface area contributed by atoms with Crippen LogP contribution in [-0.4, -0.2) is 45.1 Å². The number of hydrogen-bond donors (Lipinski definition) is 2. The largest absolute Gasteiger partial charge is 0.491 e. The van der Waals surface area contributed by atoms with Crippen molar-refractivity contribution in [3.63, 3.8) is 0 Å². The minimum atomic E-state index is -0.952. The van der Waals surface area contributed by atoms with Crippen molar-refractivity contribution in [1.82, 2.24) is 15.1 Å². The predicted molar refractivity (Wildman–Crippen MR) is 99.5 cm³/mol. The summed E-state index contributed by atoms with van der Waals surface area (Å²) in [5.74, 6) is 1.02. The topological polar surface area (TPSA) is 85.6 Å². The van der Waals surface area contributed by atoms with E-state index in [2.05, 4.69) is 10.4 Å². The Morgan fingerprint density at radius 1 is 1.41 bits per heavy atom. The third-order valence-corrected chi connectivity index (χ3v) is 5.13. The van der Waals surface area contributed by atoms with Crippen LogP contribution in [-0.2, 0) is 13.0 Å². The van der Waals surface area contributed by atoms with Gasteiger partial charge in [0.2, 0.25) is 5.88 Å². The normalized spacial score (nSPS) is 21.5. The quantitative estimate of drug-likeness (QED) is 0.837. The molecule has 7 nitrogen and oxygen atoms in total. The van der Waals surface area contributed by atoms with Crippen LogP contribution in [0.15, 0.2) is 24.3 Å². The molecule has 2 aromatic rings. The molecule has 8 heteroatoms. The van der Waals surface area contributed by atoms with Gasteiger partial charge in [0, 0.05) is 24.1 Å². The third kappa shape index (κ3) is 3.75. The number of amides is 1. The molecular weight excluding hydrogens is 370 g/mol. The van der Waals surface area contributed by atoms with Crippen LogP contribution in [0, 0.1) is 0 Å². The van der Waals surface area contributed by atoms with Gasteiger partial charge in [0.25, 0.3) is 5.91 Å². The summed E-state index contributed by atoms with van der Waals surface area (Å²) in [6.45, 7) is 4.41. The van der Waals surface area contributed by atoms with Crippen molar-refractivity contribution in [2.45, 2.75) is 51.0 Å². The number of benzene rings is 1. The first-order valence-corrected chi connectivity index (χ1v) is 9.36. The Labute approximate surface area is 162 Å². The number of halogens is 1. The summed E-state index contributed by atoms with van der Waals surface area (Å²) in [4.78, 5) is 12.6. The van der Waals surface area contributed by atoms with E-state index in [4.69, 9.17) is 21.1 Å². The molecule has 2 unspecified atom stereocenters. The van der Waals surface area contributed by atoms with Crippen molar-refractivity contribution in [3.8, 4) is 11.6 Å². The maximum absolute atomic E-state index is 12.6. The number of nitrogens with zero attached hydrogens (tertiary/aromatic N) is 2. The molecule has 3 heterocycles. The van der Waals surface area contributed by atoms with Crippen molar-refractivity contribution in [2.75, 3.05) is 6.61 Å². The average Bonchev–Trinajstić information content (AvgIpc) is 3.04. The Bertz CT molecular complexity index is 874. The molecule has 1 aromatic heterocycles. The Balaban J connectivity index is 1.44. The molecule has 0 saturated carbocycles. The number of hydrogen-bond acceptors (Lipinski definition) is 5. The highest BCUT2D eigenvalue weighted by Gasteiger charge is 2.34. The Kier molecular flexibility index (Phi) is 4.52. The second kappa shape index (κ2) is 6.73. The maximum atomic E-state index is 12.6. The molecular formula is C19H22ClN3O4. The first-order valence-electron chi connectivity index (χ1n) is 8.98. The highest BCUT2D eigenvalue weighted by molar-refractivity contribution is 6.30. The van der Waals surface area contributed by atoms with Gasteiger partial charge in [-0.25, -0.2) is 4.68 Å². The lowest BCUT2D eigenvalue weighted by molar-refractivity contribution is -0.0533. The van der Waals surface area contributed by atoms with E-state index in [1.807, 2.05) is 12.1 Å². The van der Waals surface area contributed by atoms with Crippen LogP contribution in [0.3, 0.4) is 0 Å². The van der Waals surface area contributed by atoms with Gasteiger partial charge in [-0.2, -0.15) is 5.10 Å². The molecule has 144 valence electrons. The first-order chi connectivity index (χ1) is 12.8. The van der Waals surface area contributed by atoms with Crippen molar-refractivity contribution in [3.05, 3.63) is 40.5 Å². The Hall–Kier alpha value is -2.25. The fourth-order valence-electron chi connectivity index (χ4n) is 3.42. The summed E-state index contributed by atoms with van der Waals surface area (Å²) in [6.07, 6.45) is 0.949. The molecule has 2 atom stereocenters. The highest BCUT2D eigenvalue weighted by Crippen LogP contribution is 2.29. The Morgan fingerprint density at radius 2 is 2.22 bits per heavy atom. The molecule has 2 aliphatic heterocycles. The second-order valence-electron chi connectivity index (χ2n) is 7.58. The molecule has 4 rings (SSSR count). The first kappa shape index (κ1) is 18.1. The van der Waals surface area contributed by atoms with Gasteiger partial charge in [-0.15, -0.1) is 0 Å². The van der Waals surface area contributed by atoms with Gasteiger partial charge in [-0.05, 0) is 44.0 Å². The van der Waals surface area contributed by atoms with E-state index >= 15 is 0 Å². The van der Waals surface area contributed by atoms with E-state index in [0.29, 0.717) is 42.6 Å². The molecule has 0 saturated heterocycles. The molecule has 2 aliphatic rings. The molecule has 1 aromatic carbocycles. The van der Waals surface area contributed by atoms with Gasteiger partial charge in [0.1, 0.15) is 18.5 Å². The van der Waals surface area contributed by atoms with Crippen LogP contribution < -0.4 is 14.8 Å². The van der Waals surface area contributed by atoms with E-state index in [1.54, 1.807) is 30.7 Å².